The zero-order chi connectivity index (χ0) is 18.7. The van der Waals surface area contributed by atoms with Gasteiger partial charge in [-0.1, -0.05) is 12.1 Å². The van der Waals surface area contributed by atoms with Crippen molar-refractivity contribution < 1.29 is 22.6 Å². The van der Waals surface area contributed by atoms with E-state index in [9.17, 15) is 13.2 Å². The lowest BCUT2D eigenvalue weighted by molar-refractivity contribution is -0.144. The first kappa shape index (κ1) is 17.5. The molecule has 0 amide bonds. The van der Waals surface area contributed by atoms with Gasteiger partial charge in [0.2, 0.25) is 11.7 Å². The zero-order valence-corrected chi connectivity index (χ0v) is 13.5. The van der Waals surface area contributed by atoms with Crippen molar-refractivity contribution in [3.8, 4) is 23.4 Å². The Morgan fingerprint density at radius 1 is 1.08 bits per heavy atom. The van der Waals surface area contributed by atoms with E-state index in [0.717, 1.165) is 0 Å². The van der Waals surface area contributed by atoms with Crippen molar-refractivity contribution in [1.82, 2.24) is 9.97 Å². The highest BCUT2D eigenvalue weighted by Crippen LogP contribution is 2.36. The third-order valence-corrected chi connectivity index (χ3v) is 3.40. The molecular formula is C18H12F3N3O2. The van der Waals surface area contributed by atoms with Crippen LogP contribution in [0.25, 0.3) is 10.9 Å². The lowest BCUT2D eigenvalue weighted by Gasteiger charge is -2.14. The first-order chi connectivity index (χ1) is 12.4. The molecule has 132 valence electrons. The van der Waals surface area contributed by atoms with Crippen LogP contribution in [0.2, 0.25) is 0 Å². The van der Waals surface area contributed by atoms with Crippen LogP contribution in [-0.2, 0) is 6.18 Å². The van der Waals surface area contributed by atoms with Crippen molar-refractivity contribution in [3.63, 3.8) is 0 Å². The number of hydrogen-bond donors (Lipinski definition) is 0. The van der Waals surface area contributed by atoms with E-state index in [1.165, 1.54) is 24.3 Å². The molecule has 8 heteroatoms. The Balaban J connectivity index is 2.13. The summed E-state index contributed by atoms with van der Waals surface area (Å²) in [5.74, 6) is -1.14. The molecular weight excluding hydrogens is 347 g/mol. The number of nitriles is 1. The van der Waals surface area contributed by atoms with E-state index in [1.807, 2.05) is 6.07 Å². The lowest BCUT2D eigenvalue weighted by Crippen LogP contribution is -2.12. The predicted molar refractivity (Wildman–Crippen MR) is 86.9 cm³/mol. The van der Waals surface area contributed by atoms with E-state index in [1.54, 1.807) is 25.1 Å². The molecule has 0 unspecified atom stereocenters. The van der Waals surface area contributed by atoms with Gasteiger partial charge in [0.25, 0.3) is 0 Å². The smallest absolute Gasteiger partial charge is 0.451 e. The fourth-order valence-electron chi connectivity index (χ4n) is 2.29. The maximum Gasteiger partial charge on any atom is 0.451 e. The van der Waals surface area contributed by atoms with Crippen LogP contribution in [0.5, 0.6) is 17.4 Å². The summed E-state index contributed by atoms with van der Waals surface area (Å²) in [4.78, 5) is 7.08. The third kappa shape index (κ3) is 3.52. The van der Waals surface area contributed by atoms with Crippen LogP contribution in [0.4, 0.5) is 13.2 Å². The minimum Gasteiger partial charge on any atom is -0.490 e. The summed E-state index contributed by atoms with van der Waals surface area (Å²) in [6.07, 6.45) is -4.71. The Kier molecular flexibility index (Phi) is 4.63. The van der Waals surface area contributed by atoms with Crippen molar-refractivity contribution in [2.75, 3.05) is 6.61 Å². The third-order valence-electron chi connectivity index (χ3n) is 3.40. The Labute approximate surface area is 146 Å². The van der Waals surface area contributed by atoms with E-state index in [4.69, 9.17) is 14.7 Å². The number of fused-ring (bicyclic) bond motifs is 1. The molecule has 0 aliphatic heterocycles. The normalized spacial score (nSPS) is 11.2. The molecule has 0 aliphatic carbocycles. The van der Waals surface area contributed by atoms with Gasteiger partial charge in [0, 0.05) is 6.07 Å². The summed E-state index contributed by atoms with van der Waals surface area (Å²) < 4.78 is 50.3. The predicted octanol–water partition coefficient (Wildman–Crippen LogP) is 4.71. The van der Waals surface area contributed by atoms with Gasteiger partial charge >= 0.3 is 6.18 Å². The van der Waals surface area contributed by atoms with Crippen LogP contribution in [0.3, 0.4) is 0 Å². The van der Waals surface area contributed by atoms with Crippen LogP contribution in [-0.4, -0.2) is 16.6 Å². The van der Waals surface area contributed by atoms with Gasteiger partial charge in [-0.2, -0.15) is 23.4 Å². The Bertz CT molecular complexity index is 997. The first-order valence-corrected chi connectivity index (χ1v) is 7.61. The van der Waals surface area contributed by atoms with Gasteiger partial charge in [-0.15, -0.1) is 0 Å². The topological polar surface area (TPSA) is 68.0 Å². The summed E-state index contributed by atoms with van der Waals surface area (Å²) in [7, 11) is 0. The number of alkyl halides is 3. The van der Waals surface area contributed by atoms with Crippen molar-refractivity contribution >= 4 is 10.9 Å². The van der Waals surface area contributed by atoms with Gasteiger partial charge < -0.3 is 9.47 Å². The highest BCUT2D eigenvalue weighted by molar-refractivity contribution is 5.83. The molecule has 2 aromatic carbocycles. The number of rotatable bonds is 4. The number of halogens is 3. The minimum absolute atomic E-state index is 0.108. The number of para-hydroxylation sites is 1. The standard InChI is InChI=1S/C18H12F3N3O2/c1-2-25-15-9-11(10-22)7-8-14(15)26-16-12-5-3-4-6-13(12)23-17(24-16)18(19,20)21/h3-9H,2H2,1H3. The van der Waals surface area contributed by atoms with Gasteiger partial charge in [0.1, 0.15) is 0 Å². The van der Waals surface area contributed by atoms with Gasteiger partial charge in [0.05, 0.1) is 29.1 Å². The Hall–Kier alpha value is -3.34. The molecule has 26 heavy (non-hydrogen) atoms. The maximum atomic E-state index is 13.1. The second-order valence-corrected chi connectivity index (χ2v) is 5.18. The summed E-state index contributed by atoms with van der Waals surface area (Å²) in [6.45, 7) is 2.04. The summed E-state index contributed by atoms with van der Waals surface area (Å²) >= 11 is 0. The average Bonchev–Trinajstić information content (AvgIpc) is 2.62. The van der Waals surface area contributed by atoms with Crippen molar-refractivity contribution in [2.45, 2.75) is 13.1 Å². The fourth-order valence-corrected chi connectivity index (χ4v) is 2.29. The molecule has 0 spiro atoms. The van der Waals surface area contributed by atoms with Crippen molar-refractivity contribution in [1.29, 1.82) is 5.26 Å². The van der Waals surface area contributed by atoms with Crippen LogP contribution in [0, 0.1) is 11.3 Å². The summed E-state index contributed by atoms with van der Waals surface area (Å²) in [5, 5.41) is 9.31. The second kappa shape index (κ2) is 6.88. The Morgan fingerprint density at radius 3 is 2.54 bits per heavy atom. The van der Waals surface area contributed by atoms with E-state index in [0.29, 0.717) is 17.6 Å². The highest BCUT2D eigenvalue weighted by atomic mass is 19.4. The second-order valence-electron chi connectivity index (χ2n) is 5.18. The van der Waals surface area contributed by atoms with Crippen LogP contribution in [0.15, 0.2) is 42.5 Å². The number of ether oxygens (including phenoxy) is 2. The fraction of sp³-hybridized carbons (Fsp3) is 0.167. The van der Waals surface area contributed by atoms with Gasteiger partial charge in [-0.05, 0) is 31.2 Å². The molecule has 3 rings (SSSR count). The van der Waals surface area contributed by atoms with E-state index in [2.05, 4.69) is 9.97 Å². The van der Waals surface area contributed by atoms with Crippen molar-refractivity contribution in [3.05, 3.63) is 53.9 Å². The zero-order valence-electron chi connectivity index (χ0n) is 13.5. The molecule has 3 aromatic rings. The Morgan fingerprint density at radius 2 is 1.85 bits per heavy atom. The van der Waals surface area contributed by atoms with E-state index < -0.39 is 12.0 Å². The SMILES string of the molecule is CCOc1cc(C#N)ccc1Oc1nc(C(F)(F)F)nc2ccccc12. The lowest BCUT2D eigenvalue weighted by atomic mass is 10.2. The van der Waals surface area contributed by atoms with Gasteiger partial charge in [0.15, 0.2) is 11.5 Å². The largest absolute Gasteiger partial charge is 0.490 e. The molecule has 0 saturated carbocycles. The molecule has 0 N–H and O–H groups in total. The highest BCUT2D eigenvalue weighted by Gasteiger charge is 2.36. The van der Waals surface area contributed by atoms with Crippen LogP contribution >= 0.6 is 0 Å². The minimum atomic E-state index is -4.71. The van der Waals surface area contributed by atoms with Gasteiger partial charge in [-0.25, -0.2) is 4.98 Å². The molecule has 1 heterocycles. The molecule has 0 aliphatic rings. The number of aromatic nitrogens is 2. The number of benzene rings is 2. The first-order valence-electron chi connectivity index (χ1n) is 7.61. The number of hydrogen-bond acceptors (Lipinski definition) is 5. The molecule has 0 radical (unpaired) electrons. The molecule has 5 nitrogen and oxygen atoms in total. The van der Waals surface area contributed by atoms with Crippen LogP contribution in [0.1, 0.15) is 18.3 Å². The maximum absolute atomic E-state index is 13.1. The van der Waals surface area contributed by atoms with Crippen molar-refractivity contribution in [2.24, 2.45) is 0 Å². The average molecular weight is 359 g/mol. The monoisotopic (exact) mass is 359 g/mol. The molecule has 1 aromatic heterocycles. The quantitative estimate of drug-likeness (QED) is 0.675. The molecule has 0 bridgehead atoms. The number of nitrogens with zero attached hydrogens (tertiary/aromatic N) is 3. The molecule has 0 atom stereocenters. The van der Waals surface area contributed by atoms with E-state index in [-0.39, 0.29) is 22.9 Å². The molecule has 0 fully saturated rings. The molecule has 0 saturated heterocycles. The van der Waals surface area contributed by atoms with Crippen LogP contribution < -0.4 is 9.47 Å². The summed E-state index contributed by atoms with van der Waals surface area (Å²) in [5.41, 5.74) is 0.445. The van der Waals surface area contributed by atoms with Gasteiger partial charge in [-0.3, -0.25) is 0 Å². The van der Waals surface area contributed by atoms with E-state index >= 15 is 0 Å². The summed E-state index contributed by atoms with van der Waals surface area (Å²) in [6, 6.07) is 12.6.